The van der Waals surface area contributed by atoms with Crippen molar-refractivity contribution >= 4 is 73.0 Å². The number of allylic oxidation sites excluding steroid dienone is 1. The zero-order valence-corrected chi connectivity index (χ0v) is 22.0. The molecule has 0 amide bonds. The fourth-order valence-corrected chi connectivity index (χ4v) is 7.19. The highest BCUT2D eigenvalue weighted by Crippen LogP contribution is 2.53. The zero-order valence-electron chi connectivity index (χ0n) is 17.7. The number of carbonyl (C=O) groups excluding carboxylic acids is 1. The summed E-state index contributed by atoms with van der Waals surface area (Å²) in [6.45, 7) is 4.40. The normalized spacial score (nSPS) is 19.6. The summed E-state index contributed by atoms with van der Waals surface area (Å²) in [7, 11) is 1.71. The third-order valence-electron chi connectivity index (χ3n) is 6.29. The molecule has 1 N–H and O–H groups in total. The number of methoxy groups -OCH3 is 1. The molecule has 0 saturated heterocycles. The largest absolute Gasteiger partial charge is 0.495 e. The molecule has 5 rings (SSSR count). The van der Waals surface area contributed by atoms with Crippen LogP contribution in [0.15, 0.2) is 54.1 Å². The quantitative estimate of drug-likeness (QED) is 0.299. The van der Waals surface area contributed by atoms with Crippen LogP contribution in [0.2, 0.25) is 0 Å². The van der Waals surface area contributed by atoms with Crippen LogP contribution in [0.5, 0.6) is 5.75 Å². The van der Waals surface area contributed by atoms with Gasteiger partial charge in [0.05, 0.1) is 16.7 Å². The van der Waals surface area contributed by atoms with Crippen LogP contribution in [-0.2, 0) is 4.79 Å². The predicted molar refractivity (Wildman–Crippen MR) is 144 cm³/mol. The zero-order chi connectivity index (χ0) is 21.9. The Labute approximate surface area is 209 Å². The molecule has 158 valence electrons. The lowest BCUT2D eigenvalue weighted by atomic mass is 9.68. The summed E-state index contributed by atoms with van der Waals surface area (Å²) in [6.07, 6.45) is 1.45. The van der Waals surface area contributed by atoms with E-state index >= 15 is 0 Å². The Hall–Kier alpha value is -1.61. The molecule has 31 heavy (non-hydrogen) atoms. The van der Waals surface area contributed by atoms with Crippen molar-refractivity contribution in [2.24, 2.45) is 5.41 Å². The van der Waals surface area contributed by atoms with E-state index in [1.807, 2.05) is 0 Å². The molecular formula is C26H23I2NO2. The first-order valence-corrected chi connectivity index (χ1v) is 12.5. The summed E-state index contributed by atoms with van der Waals surface area (Å²) >= 11 is 4.66. The van der Waals surface area contributed by atoms with E-state index in [1.165, 1.54) is 21.9 Å². The summed E-state index contributed by atoms with van der Waals surface area (Å²) in [5.41, 5.74) is 5.33. The van der Waals surface area contributed by atoms with Gasteiger partial charge in [0.25, 0.3) is 0 Å². The topological polar surface area (TPSA) is 38.3 Å². The summed E-state index contributed by atoms with van der Waals surface area (Å²) < 4.78 is 8.00. The van der Waals surface area contributed by atoms with Crippen LogP contribution in [0, 0.1) is 12.6 Å². The second-order valence-corrected chi connectivity index (χ2v) is 11.5. The minimum Gasteiger partial charge on any atom is -0.495 e. The van der Waals surface area contributed by atoms with Crippen molar-refractivity contribution in [1.29, 1.82) is 0 Å². The SMILES string of the molecule is COc1c(I)cc(I)cc1C1Nc2ccc3ccccc3c2C2=C1C(=O)CC(C)(C)C2. The Bertz CT molecular complexity index is 1280. The molecule has 1 heterocycles. The van der Waals surface area contributed by atoms with Crippen LogP contribution in [0.25, 0.3) is 16.3 Å². The molecule has 3 nitrogen and oxygen atoms in total. The van der Waals surface area contributed by atoms with Gasteiger partial charge in [-0.05, 0) is 91.6 Å². The van der Waals surface area contributed by atoms with Crippen molar-refractivity contribution in [2.75, 3.05) is 12.4 Å². The van der Waals surface area contributed by atoms with E-state index in [0.29, 0.717) is 6.42 Å². The fraction of sp³-hybridized carbons (Fsp3) is 0.269. The number of ether oxygens (including phenoxy) is 1. The maximum absolute atomic E-state index is 13.6. The highest BCUT2D eigenvalue weighted by Gasteiger charge is 2.41. The van der Waals surface area contributed by atoms with Gasteiger partial charge in [0.15, 0.2) is 5.78 Å². The molecule has 3 aromatic rings. The number of rotatable bonds is 2. The molecular weight excluding hydrogens is 612 g/mol. The third kappa shape index (κ3) is 3.57. The van der Waals surface area contributed by atoms with Gasteiger partial charge in [0, 0.05) is 32.4 Å². The average molecular weight is 635 g/mol. The third-order valence-corrected chi connectivity index (χ3v) is 7.72. The van der Waals surface area contributed by atoms with E-state index in [4.69, 9.17) is 4.74 Å². The number of Topliss-reactive ketones (excluding diaryl/α,β-unsaturated/α-hetero) is 1. The van der Waals surface area contributed by atoms with Crippen LogP contribution in [-0.4, -0.2) is 12.9 Å². The minimum atomic E-state index is -0.217. The van der Waals surface area contributed by atoms with Gasteiger partial charge in [-0.1, -0.05) is 44.2 Å². The number of hydrogen-bond donors (Lipinski definition) is 1. The second kappa shape index (κ2) is 7.76. The van der Waals surface area contributed by atoms with Crippen molar-refractivity contribution < 1.29 is 9.53 Å². The Morgan fingerprint density at radius 1 is 1.06 bits per heavy atom. The van der Waals surface area contributed by atoms with Gasteiger partial charge in [0.2, 0.25) is 0 Å². The summed E-state index contributed by atoms with van der Waals surface area (Å²) in [5.74, 6) is 1.07. The van der Waals surface area contributed by atoms with Crippen LogP contribution >= 0.6 is 45.2 Å². The van der Waals surface area contributed by atoms with E-state index in [-0.39, 0.29) is 17.2 Å². The molecule has 3 aromatic carbocycles. The molecule has 5 heteroatoms. The molecule has 1 aliphatic carbocycles. The molecule has 0 aromatic heterocycles. The number of benzene rings is 3. The summed E-state index contributed by atoms with van der Waals surface area (Å²) in [6, 6.07) is 16.8. The first kappa shape index (κ1) is 21.2. The maximum atomic E-state index is 13.6. The van der Waals surface area contributed by atoms with Crippen molar-refractivity contribution in [3.63, 3.8) is 0 Å². The lowest BCUT2D eigenvalue weighted by molar-refractivity contribution is -0.118. The first-order valence-electron chi connectivity index (χ1n) is 10.4. The Balaban J connectivity index is 1.83. The number of nitrogens with one attached hydrogen (secondary N) is 1. The molecule has 1 aliphatic heterocycles. The summed E-state index contributed by atoms with van der Waals surface area (Å²) in [5, 5.41) is 6.13. The monoisotopic (exact) mass is 635 g/mol. The van der Waals surface area contributed by atoms with Gasteiger partial charge in [-0.15, -0.1) is 0 Å². The molecule has 1 atom stereocenters. The average Bonchev–Trinajstić information content (AvgIpc) is 2.71. The maximum Gasteiger partial charge on any atom is 0.162 e. The number of halogens is 2. The number of fused-ring (bicyclic) bond motifs is 4. The Morgan fingerprint density at radius 3 is 2.61 bits per heavy atom. The number of carbonyl (C=O) groups is 1. The van der Waals surface area contributed by atoms with Gasteiger partial charge in [-0.3, -0.25) is 4.79 Å². The van der Waals surface area contributed by atoms with E-state index in [1.54, 1.807) is 7.11 Å². The molecule has 0 saturated carbocycles. The van der Waals surface area contributed by atoms with E-state index in [0.717, 1.165) is 36.1 Å². The lowest BCUT2D eigenvalue weighted by Gasteiger charge is -2.40. The van der Waals surface area contributed by atoms with Gasteiger partial charge < -0.3 is 10.1 Å². The molecule has 0 radical (unpaired) electrons. The van der Waals surface area contributed by atoms with Gasteiger partial charge in [-0.2, -0.15) is 0 Å². The van der Waals surface area contributed by atoms with Crippen molar-refractivity contribution in [1.82, 2.24) is 0 Å². The first-order chi connectivity index (χ1) is 14.8. The van der Waals surface area contributed by atoms with E-state index in [9.17, 15) is 4.79 Å². The summed E-state index contributed by atoms with van der Waals surface area (Å²) in [4.78, 5) is 13.6. The Kier molecular flexibility index (Phi) is 5.32. The molecule has 0 bridgehead atoms. The number of hydrogen-bond acceptors (Lipinski definition) is 3. The minimum absolute atomic E-state index is 0.0599. The van der Waals surface area contributed by atoms with Crippen LogP contribution < -0.4 is 10.1 Å². The van der Waals surface area contributed by atoms with Crippen LogP contribution in [0.3, 0.4) is 0 Å². The molecule has 0 spiro atoms. The fourth-order valence-electron chi connectivity index (χ4n) is 5.08. The number of anilines is 1. The van der Waals surface area contributed by atoms with Gasteiger partial charge in [-0.25, -0.2) is 0 Å². The highest BCUT2D eigenvalue weighted by molar-refractivity contribution is 14.1. The molecule has 2 aliphatic rings. The van der Waals surface area contributed by atoms with Gasteiger partial charge in [0.1, 0.15) is 5.75 Å². The van der Waals surface area contributed by atoms with E-state index < -0.39 is 0 Å². The standard InChI is InChI=1S/C26H23I2NO2/c1-26(2)12-18-22-16-7-5-4-6-14(16)8-9-20(22)29-24(23(18)21(30)13-26)17-10-15(27)11-19(28)25(17)31-3/h4-11,24,29H,12-13H2,1-3H3. The smallest absolute Gasteiger partial charge is 0.162 e. The van der Waals surface area contributed by atoms with Crippen LogP contribution in [0.1, 0.15) is 43.9 Å². The number of ketones is 1. The predicted octanol–water partition coefficient (Wildman–Crippen LogP) is 7.37. The lowest BCUT2D eigenvalue weighted by Crippen LogP contribution is -2.33. The highest BCUT2D eigenvalue weighted by atomic mass is 127. The van der Waals surface area contributed by atoms with Crippen molar-refractivity contribution in [3.8, 4) is 5.75 Å². The van der Waals surface area contributed by atoms with Crippen LogP contribution in [0.4, 0.5) is 5.69 Å². The van der Waals surface area contributed by atoms with Gasteiger partial charge >= 0.3 is 0 Å². The van der Waals surface area contributed by atoms with Crippen molar-refractivity contribution in [2.45, 2.75) is 32.7 Å². The second-order valence-electron chi connectivity index (χ2n) is 9.13. The van der Waals surface area contributed by atoms with E-state index in [2.05, 4.69) is 113 Å². The Morgan fingerprint density at radius 2 is 1.84 bits per heavy atom. The molecule has 0 fully saturated rings. The van der Waals surface area contributed by atoms with Crippen molar-refractivity contribution in [3.05, 3.63) is 72.4 Å². The molecule has 1 unspecified atom stereocenters.